The lowest BCUT2D eigenvalue weighted by atomic mass is 9.38. The van der Waals surface area contributed by atoms with Gasteiger partial charge in [0.2, 0.25) is 5.78 Å². The number of carbonyl (C=O) groups excluding carboxylic acids is 2. The Kier molecular flexibility index (Phi) is 3.50. The van der Waals surface area contributed by atoms with Gasteiger partial charge in [-0.25, -0.2) is 0 Å². The highest BCUT2D eigenvalue weighted by Crippen LogP contribution is 2.81. The number of ketones is 2. The summed E-state index contributed by atoms with van der Waals surface area (Å²) in [5.41, 5.74) is -2.82. The van der Waals surface area contributed by atoms with Crippen LogP contribution in [0.4, 0.5) is 0 Å². The Bertz CT molecular complexity index is 1130. The first-order valence-corrected chi connectivity index (χ1v) is 11.5. The molecule has 1 aromatic heterocycles. The molecule has 170 valence electrons. The average Bonchev–Trinajstić information content (AvgIpc) is 3.08. The van der Waals surface area contributed by atoms with E-state index in [2.05, 4.69) is 6.92 Å². The lowest BCUT2D eigenvalue weighted by Crippen LogP contribution is -2.70. The highest BCUT2D eigenvalue weighted by molar-refractivity contribution is 6.06. The second-order valence-corrected chi connectivity index (χ2v) is 11.7. The summed E-state index contributed by atoms with van der Waals surface area (Å²) in [5.74, 6) is -1.33. The zero-order valence-corrected chi connectivity index (χ0v) is 19.1. The van der Waals surface area contributed by atoms with Crippen molar-refractivity contribution < 1.29 is 29.0 Å². The highest BCUT2D eigenvalue weighted by atomic mass is 16.6. The molecule has 1 saturated heterocycles. The van der Waals surface area contributed by atoms with Crippen LogP contribution in [0.2, 0.25) is 0 Å². The van der Waals surface area contributed by atoms with Crippen LogP contribution in [-0.4, -0.2) is 39.6 Å². The molecule has 6 rings (SSSR count). The van der Waals surface area contributed by atoms with Crippen molar-refractivity contribution in [2.75, 3.05) is 0 Å². The largest absolute Gasteiger partial charge is 0.504 e. The number of Topliss-reactive ketones (excluding diaryl/α,β-unsaturated/α-hetero) is 1. The number of aliphatic hydroxyl groups excluding tert-OH is 2. The fraction of sp³-hybridized carbons (Fsp3) is 0.615. The molecule has 0 amide bonds. The first-order chi connectivity index (χ1) is 14.9. The molecule has 0 bridgehead atoms. The van der Waals surface area contributed by atoms with Gasteiger partial charge in [-0.05, 0) is 62.8 Å². The molecule has 2 N–H and O–H groups in total. The lowest BCUT2D eigenvalue weighted by Gasteiger charge is -2.63. The van der Waals surface area contributed by atoms with Crippen molar-refractivity contribution in [3.8, 4) is 0 Å². The first-order valence-electron chi connectivity index (χ1n) is 11.5. The maximum Gasteiger partial charge on any atom is 0.206 e. The van der Waals surface area contributed by atoms with Gasteiger partial charge in [-0.3, -0.25) is 9.59 Å². The molecular formula is C26H30O6. The number of hydrogen-bond donors (Lipinski definition) is 2. The van der Waals surface area contributed by atoms with E-state index in [0.29, 0.717) is 12.0 Å². The van der Waals surface area contributed by atoms with Crippen LogP contribution >= 0.6 is 0 Å². The monoisotopic (exact) mass is 438 g/mol. The van der Waals surface area contributed by atoms with E-state index in [-0.39, 0.29) is 23.6 Å². The van der Waals surface area contributed by atoms with E-state index in [0.717, 1.165) is 12.0 Å². The van der Waals surface area contributed by atoms with Crippen molar-refractivity contribution in [1.82, 2.24) is 0 Å². The molecule has 1 spiro atoms. The average molecular weight is 439 g/mol. The molecular weight excluding hydrogens is 408 g/mol. The molecule has 0 radical (unpaired) electrons. The molecule has 8 atom stereocenters. The van der Waals surface area contributed by atoms with E-state index in [9.17, 15) is 19.8 Å². The van der Waals surface area contributed by atoms with Gasteiger partial charge in [-0.1, -0.05) is 19.9 Å². The maximum atomic E-state index is 14.1. The molecule has 2 saturated carbocycles. The van der Waals surface area contributed by atoms with Gasteiger partial charge in [-0.15, -0.1) is 0 Å². The number of epoxide rings is 1. The summed E-state index contributed by atoms with van der Waals surface area (Å²) in [5, 5.41) is 23.1. The van der Waals surface area contributed by atoms with Crippen LogP contribution in [-0.2, 0) is 14.3 Å². The summed E-state index contributed by atoms with van der Waals surface area (Å²) in [6.45, 7) is 9.42. The van der Waals surface area contributed by atoms with Crippen molar-refractivity contribution in [3.63, 3.8) is 0 Å². The molecule has 5 aliphatic rings. The molecule has 32 heavy (non-hydrogen) atoms. The molecule has 0 aromatic carbocycles. The van der Waals surface area contributed by atoms with E-state index in [1.165, 1.54) is 0 Å². The fourth-order valence-corrected chi connectivity index (χ4v) is 8.95. The zero-order valence-electron chi connectivity index (χ0n) is 19.1. The lowest BCUT2D eigenvalue weighted by molar-refractivity contribution is -0.187. The van der Waals surface area contributed by atoms with E-state index in [1.54, 1.807) is 38.5 Å². The normalized spacial score (nSPS) is 50.6. The minimum atomic E-state index is -1.13. The van der Waals surface area contributed by atoms with Crippen molar-refractivity contribution in [1.29, 1.82) is 0 Å². The number of furan rings is 1. The number of ether oxygens (including phenoxy) is 1. The third-order valence-corrected chi connectivity index (χ3v) is 10.1. The Morgan fingerprint density at radius 1 is 1.12 bits per heavy atom. The van der Waals surface area contributed by atoms with Gasteiger partial charge in [0.05, 0.1) is 35.6 Å². The van der Waals surface area contributed by atoms with Crippen LogP contribution in [0.25, 0.3) is 0 Å². The van der Waals surface area contributed by atoms with Gasteiger partial charge in [0.25, 0.3) is 0 Å². The first kappa shape index (κ1) is 20.4. The van der Waals surface area contributed by atoms with Crippen molar-refractivity contribution in [2.24, 2.45) is 27.6 Å². The van der Waals surface area contributed by atoms with Gasteiger partial charge in [0.1, 0.15) is 5.60 Å². The number of fused-ring (bicyclic) bond motifs is 3. The van der Waals surface area contributed by atoms with Crippen LogP contribution in [0.15, 0.2) is 46.5 Å². The summed E-state index contributed by atoms with van der Waals surface area (Å²) in [6.07, 6.45) is 7.02. The number of allylic oxidation sites excluding steroid dienone is 4. The summed E-state index contributed by atoms with van der Waals surface area (Å²) in [6, 6.07) is 1.95. The van der Waals surface area contributed by atoms with Crippen molar-refractivity contribution >= 4 is 11.6 Å². The van der Waals surface area contributed by atoms with E-state index < -0.39 is 45.1 Å². The van der Waals surface area contributed by atoms with Gasteiger partial charge in [0.15, 0.2) is 11.5 Å². The van der Waals surface area contributed by atoms with Crippen LogP contribution in [0, 0.1) is 27.6 Å². The van der Waals surface area contributed by atoms with E-state index in [1.807, 2.05) is 19.9 Å². The Balaban J connectivity index is 1.60. The van der Waals surface area contributed by atoms with Crippen LogP contribution < -0.4 is 0 Å². The predicted molar refractivity (Wildman–Crippen MR) is 115 cm³/mol. The molecule has 4 aliphatic carbocycles. The Labute approximate surface area is 187 Å². The van der Waals surface area contributed by atoms with Gasteiger partial charge < -0.3 is 19.4 Å². The van der Waals surface area contributed by atoms with Gasteiger partial charge in [-0.2, -0.15) is 0 Å². The third-order valence-electron chi connectivity index (χ3n) is 10.1. The topological polar surface area (TPSA) is 100 Å². The fourth-order valence-electron chi connectivity index (χ4n) is 8.95. The Hall–Kier alpha value is -2.18. The number of rotatable bonds is 1. The highest BCUT2D eigenvalue weighted by Gasteiger charge is 2.88. The summed E-state index contributed by atoms with van der Waals surface area (Å²) < 4.78 is 11.8. The zero-order chi connectivity index (χ0) is 23.1. The minimum Gasteiger partial charge on any atom is -0.504 e. The van der Waals surface area contributed by atoms with Crippen molar-refractivity contribution in [3.05, 3.63) is 47.6 Å². The van der Waals surface area contributed by atoms with E-state index in [4.69, 9.17) is 9.15 Å². The number of carbonyl (C=O) groups is 2. The Morgan fingerprint density at radius 3 is 2.50 bits per heavy atom. The molecule has 1 aromatic rings. The predicted octanol–water partition coefficient (Wildman–Crippen LogP) is 3.86. The summed E-state index contributed by atoms with van der Waals surface area (Å²) in [7, 11) is 0. The number of aliphatic hydroxyl groups is 2. The second kappa shape index (κ2) is 5.48. The van der Waals surface area contributed by atoms with Crippen molar-refractivity contribution in [2.45, 2.75) is 71.2 Å². The quantitative estimate of drug-likeness (QED) is 0.646. The number of hydrogen-bond acceptors (Lipinski definition) is 6. The molecule has 1 aliphatic heterocycles. The molecule has 6 nitrogen and oxygen atoms in total. The Morgan fingerprint density at radius 2 is 1.84 bits per heavy atom. The molecule has 6 heteroatoms. The van der Waals surface area contributed by atoms with E-state index >= 15 is 0 Å². The van der Waals surface area contributed by atoms with Crippen LogP contribution in [0.3, 0.4) is 0 Å². The van der Waals surface area contributed by atoms with Crippen LogP contribution in [0.5, 0.6) is 0 Å². The smallest absolute Gasteiger partial charge is 0.206 e. The van der Waals surface area contributed by atoms with Crippen LogP contribution in [0.1, 0.15) is 58.9 Å². The maximum absolute atomic E-state index is 14.1. The minimum absolute atomic E-state index is 0.0838. The molecule has 2 heterocycles. The summed E-state index contributed by atoms with van der Waals surface area (Å²) in [4.78, 5) is 26.8. The molecule has 3 fully saturated rings. The second-order valence-electron chi connectivity index (χ2n) is 11.7. The SMILES string of the molecule is CC1(C)C(=O)C=CC2(C)C1=C(O)C(=O)C1(C)C2C(O)CC2(C)C(c3ccoc3)CC3OC321. The summed E-state index contributed by atoms with van der Waals surface area (Å²) >= 11 is 0. The third kappa shape index (κ3) is 1.82. The van der Waals surface area contributed by atoms with Gasteiger partial charge in [0, 0.05) is 16.7 Å². The molecule has 8 unspecified atom stereocenters. The standard InChI is InChI=1S/C26H30O6/c1-22(2)16(28)6-8-23(3)19-15(27)11-24(4)14(13-7-9-31-12-13)10-17-26(24,32-17)25(19,5)21(30)18(29)20(22)23/h6-9,12,14-15,17,19,27,29H,10-11H2,1-5H3. The van der Waals surface area contributed by atoms with Gasteiger partial charge >= 0.3 is 0 Å².